The van der Waals surface area contributed by atoms with E-state index in [1.165, 1.54) is 0 Å². The Kier molecular flexibility index (Phi) is 4.74. The van der Waals surface area contributed by atoms with Gasteiger partial charge in [0.25, 0.3) is 5.91 Å². The van der Waals surface area contributed by atoms with Gasteiger partial charge in [-0.1, -0.05) is 0 Å². The Bertz CT molecular complexity index is 781. The number of ether oxygens (including phenoxy) is 1. The van der Waals surface area contributed by atoms with Gasteiger partial charge in [-0.25, -0.2) is 4.98 Å². The Morgan fingerprint density at radius 1 is 1.32 bits per heavy atom. The van der Waals surface area contributed by atoms with Gasteiger partial charge in [0, 0.05) is 18.7 Å². The SMILES string of the molecule is COc1ccc(-c2nc(C(=O)N3CCCC(C(=O)O)C3)c(C)o2)cc1. The second kappa shape index (κ2) is 6.96. The molecular formula is C18H20N2O5. The number of aryl methyl sites for hydroxylation is 1. The molecule has 1 aliphatic rings. The van der Waals surface area contributed by atoms with E-state index in [2.05, 4.69) is 4.98 Å². The number of hydrogen-bond donors (Lipinski definition) is 1. The summed E-state index contributed by atoms with van der Waals surface area (Å²) in [5.41, 5.74) is 0.974. The average molecular weight is 344 g/mol. The highest BCUT2D eigenvalue weighted by Gasteiger charge is 2.31. The van der Waals surface area contributed by atoms with Crippen LogP contribution >= 0.6 is 0 Å². The highest BCUT2D eigenvalue weighted by atomic mass is 16.5. The van der Waals surface area contributed by atoms with E-state index in [9.17, 15) is 14.7 Å². The molecule has 25 heavy (non-hydrogen) atoms. The third-order valence-corrected chi connectivity index (χ3v) is 4.39. The van der Waals surface area contributed by atoms with E-state index in [4.69, 9.17) is 9.15 Å². The number of oxazole rings is 1. The van der Waals surface area contributed by atoms with Crippen LogP contribution in [0.4, 0.5) is 0 Å². The Hall–Kier alpha value is -2.83. The number of hydrogen-bond acceptors (Lipinski definition) is 5. The van der Waals surface area contributed by atoms with Crippen LogP contribution < -0.4 is 4.74 Å². The summed E-state index contributed by atoms with van der Waals surface area (Å²) in [4.78, 5) is 29.8. The molecule has 1 aromatic carbocycles. The molecule has 0 spiro atoms. The summed E-state index contributed by atoms with van der Waals surface area (Å²) in [5.74, 6) is -0.175. The second-order valence-corrected chi connectivity index (χ2v) is 6.08. The van der Waals surface area contributed by atoms with Crippen LogP contribution in [0.15, 0.2) is 28.7 Å². The molecule has 1 fully saturated rings. The topological polar surface area (TPSA) is 92.9 Å². The lowest BCUT2D eigenvalue weighted by molar-refractivity contribution is -0.143. The first kappa shape index (κ1) is 17.0. The molecule has 7 nitrogen and oxygen atoms in total. The van der Waals surface area contributed by atoms with Gasteiger partial charge in [-0.15, -0.1) is 0 Å². The number of rotatable bonds is 4. The Morgan fingerprint density at radius 3 is 2.68 bits per heavy atom. The quantitative estimate of drug-likeness (QED) is 0.916. The first-order chi connectivity index (χ1) is 12.0. The summed E-state index contributed by atoms with van der Waals surface area (Å²) in [7, 11) is 1.59. The fourth-order valence-electron chi connectivity index (χ4n) is 2.96. The third-order valence-electron chi connectivity index (χ3n) is 4.39. The standard InChI is InChI=1S/C18H20N2O5/c1-11-15(17(21)20-9-3-4-13(10-20)18(22)23)19-16(25-11)12-5-7-14(24-2)8-6-12/h5-8,13H,3-4,9-10H2,1-2H3,(H,22,23). The minimum Gasteiger partial charge on any atom is -0.497 e. The first-order valence-electron chi connectivity index (χ1n) is 8.13. The van der Waals surface area contributed by atoms with Crippen molar-refractivity contribution in [1.29, 1.82) is 0 Å². The Balaban J connectivity index is 1.81. The third kappa shape index (κ3) is 3.50. The van der Waals surface area contributed by atoms with E-state index in [1.807, 2.05) is 0 Å². The van der Waals surface area contributed by atoms with Gasteiger partial charge in [0.05, 0.1) is 13.0 Å². The summed E-state index contributed by atoms with van der Waals surface area (Å²) in [6.07, 6.45) is 1.26. The number of aromatic nitrogens is 1. The number of aliphatic carboxylic acids is 1. The lowest BCUT2D eigenvalue weighted by atomic mass is 9.98. The normalized spacial score (nSPS) is 17.4. The van der Waals surface area contributed by atoms with Crippen molar-refractivity contribution in [1.82, 2.24) is 9.88 Å². The molecule has 0 radical (unpaired) electrons. The smallest absolute Gasteiger partial charge is 0.308 e. The van der Waals surface area contributed by atoms with Crippen molar-refractivity contribution in [2.24, 2.45) is 5.92 Å². The number of carbonyl (C=O) groups excluding carboxylic acids is 1. The lowest BCUT2D eigenvalue weighted by Gasteiger charge is -2.30. The predicted octanol–water partition coefficient (Wildman–Crippen LogP) is 2.60. The van der Waals surface area contributed by atoms with E-state index >= 15 is 0 Å². The van der Waals surface area contributed by atoms with Crippen molar-refractivity contribution in [3.05, 3.63) is 35.7 Å². The van der Waals surface area contributed by atoms with Crippen LogP contribution in [0.5, 0.6) is 5.75 Å². The van der Waals surface area contributed by atoms with Gasteiger partial charge < -0.3 is 19.2 Å². The molecule has 1 atom stereocenters. The van der Waals surface area contributed by atoms with E-state index in [0.717, 1.165) is 11.3 Å². The fraction of sp³-hybridized carbons (Fsp3) is 0.389. The molecule has 3 rings (SSSR count). The average Bonchev–Trinajstić information content (AvgIpc) is 3.03. The molecule has 7 heteroatoms. The van der Waals surface area contributed by atoms with Crippen molar-refractivity contribution in [3.63, 3.8) is 0 Å². The Morgan fingerprint density at radius 2 is 2.04 bits per heavy atom. The van der Waals surface area contributed by atoms with E-state index in [0.29, 0.717) is 31.0 Å². The first-order valence-corrected chi connectivity index (χ1v) is 8.13. The van der Waals surface area contributed by atoms with E-state index in [1.54, 1.807) is 43.2 Å². The molecule has 132 valence electrons. The molecule has 0 aliphatic carbocycles. The van der Waals surface area contributed by atoms with Crippen LogP contribution in [0.1, 0.15) is 29.1 Å². The number of carboxylic acids is 1. The van der Waals surface area contributed by atoms with E-state index in [-0.39, 0.29) is 18.1 Å². The number of methoxy groups -OCH3 is 1. The summed E-state index contributed by atoms with van der Waals surface area (Å²) in [5, 5.41) is 9.18. The van der Waals surface area contributed by atoms with Crippen molar-refractivity contribution in [2.45, 2.75) is 19.8 Å². The molecule has 1 aromatic heterocycles. The molecule has 2 heterocycles. The predicted molar refractivity (Wildman–Crippen MR) is 89.5 cm³/mol. The number of piperidine rings is 1. The molecule has 1 N–H and O–H groups in total. The second-order valence-electron chi connectivity index (χ2n) is 6.08. The summed E-state index contributed by atoms with van der Waals surface area (Å²) < 4.78 is 10.8. The number of carboxylic acid groups (broad SMARTS) is 1. The van der Waals surface area contributed by atoms with Gasteiger partial charge in [-0.2, -0.15) is 0 Å². The lowest BCUT2D eigenvalue weighted by Crippen LogP contribution is -2.42. The van der Waals surface area contributed by atoms with E-state index < -0.39 is 11.9 Å². The molecule has 1 aliphatic heterocycles. The maximum Gasteiger partial charge on any atom is 0.308 e. The van der Waals surface area contributed by atoms with Crippen LogP contribution in [-0.4, -0.2) is 47.1 Å². The number of amides is 1. The van der Waals surface area contributed by atoms with Gasteiger partial charge in [-0.3, -0.25) is 9.59 Å². The number of benzene rings is 1. The zero-order valence-corrected chi connectivity index (χ0v) is 14.2. The highest BCUT2D eigenvalue weighted by Crippen LogP contribution is 2.26. The van der Waals surface area contributed by atoms with Crippen LogP contribution in [0.2, 0.25) is 0 Å². The van der Waals surface area contributed by atoms with Gasteiger partial charge in [0.2, 0.25) is 5.89 Å². The van der Waals surface area contributed by atoms with Gasteiger partial charge in [0.1, 0.15) is 11.5 Å². The molecule has 1 unspecified atom stereocenters. The van der Waals surface area contributed by atoms with Crippen molar-refractivity contribution < 1.29 is 23.8 Å². The number of carbonyl (C=O) groups is 2. The zero-order valence-electron chi connectivity index (χ0n) is 14.2. The molecular weight excluding hydrogens is 324 g/mol. The fourth-order valence-corrected chi connectivity index (χ4v) is 2.96. The van der Waals surface area contributed by atoms with Crippen LogP contribution in [0.3, 0.4) is 0 Å². The molecule has 2 aromatic rings. The van der Waals surface area contributed by atoms with Gasteiger partial charge in [0.15, 0.2) is 5.69 Å². The minimum atomic E-state index is -0.867. The summed E-state index contributed by atoms with van der Waals surface area (Å²) in [6.45, 7) is 2.43. The highest BCUT2D eigenvalue weighted by molar-refractivity contribution is 5.94. The molecule has 1 saturated heterocycles. The number of nitrogens with zero attached hydrogens (tertiary/aromatic N) is 2. The van der Waals surface area contributed by atoms with Crippen molar-refractivity contribution >= 4 is 11.9 Å². The molecule has 1 amide bonds. The van der Waals surface area contributed by atoms with Crippen LogP contribution in [-0.2, 0) is 4.79 Å². The molecule has 0 bridgehead atoms. The van der Waals surface area contributed by atoms with Crippen LogP contribution in [0.25, 0.3) is 11.5 Å². The maximum atomic E-state index is 12.7. The zero-order chi connectivity index (χ0) is 18.0. The van der Waals surface area contributed by atoms with Crippen LogP contribution in [0, 0.1) is 12.8 Å². The summed E-state index contributed by atoms with van der Waals surface area (Å²) in [6, 6.07) is 7.19. The van der Waals surface area contributed by atoms with Gasteiger partial charge in [-0.05, 0) is 44.0 Å². The van der Waals surface area contributed by atoms with Crippen molar-refractivity contribution in [2.75, 3.05) is 20.2 Å². The van der Waals surface area contributed by atoms with Crippen molar-refractivity contribution in [3.8, 4) is 17.2 Å². The number of likely N-dealkylation sites (tertiary alicyclic amines) is 1. The monoisotopic (exact) mass is 344 g/mol. The largest absolute Gasteiger partial charge is 0.497 e. The minimum absolute atomic E-state index is 0.207. The maximum absolute atomic E-state index is 12.7. The summed E-state index contributed by atoms with van der Waals surface area (Å²) >= 11 is 0. The van der Waals surface area contributed by atoms with Gasteiger partial charge >= 0.3 is 5.97 Å². The molecule has 0 saturated carbocycles. The Labute approximate surface area is 145 Å².